The van der Waals surface area contributed by atoms with E-state index < -0.39 is 0 Å². The van der Waals surface area contributed by atoms with Crippen LogP contribution in [0.2, 0.25) is 0 Å². The quantitative estimate of drug-likeness (QED) is 0.637. The minimum absolute atomic E-state index is 0.361. The highest BCUT2D eigenvalue weighted by molar-refractivity contribution is 7.99. The SMILES string of the molecule is COC(=O)c1ccc2c(n1)CCS2. The van der Waals surface area contributed by atoms with Gasteiger partial charge in [0.1, 0.15) is 5.69 Å². The molecule has 3 nitrogen and oxygen atoms in total. The lowest BCUT2D eigenvalue weighted by Gasteiger charge is -2.00. The van der Waals surface area contributed by atoms with Gasteiger partial charge in [0.25, 0.3) is 0 Å². The summed E-state index contributed by atoms with van der Waals surface area (Å²) in [6.07, 6.45) is 0.949. The molecule has 1 aliphatic heterocycles. The van der Waals surface area contributed by atoms with Gasteiger partial charge in [-0.15, -0.1) is 11.8 Å². The molecule has 1 aromatic rings. The van der Waals surface area contributed by atoms with Gasteiger partial charge in [-0.25, -0.2) is 9.78 Å². The van der Waals surface area contributed by atoms with Crippen LogP contribution in [-0.2, 0) is 11.2 Å². The summed E-state index contributed by atoms with van der Waals surface area (Å²) in [5.74, 6) is 0.701. The lowest BCUT2D eigenvalue weighted by Crippen LogP contribution is -2.05. The third-order valence-electron chi connectivity index (χ3n) is 1.92. The molecule has 0 N–H and O–H groups in total. The molecule has 0 saturated carbocycles. The van der Waals surface area contributed by atoms with Crippen LogP contribution in [0.1, 0.15) is 16.2 Å². The molecule has 1 aromatic heterocycles. The minimum atomic E-state index is -0.361. The van der Waals surface area contributed by atoms with Gasteiger partial charge in [0.15, 0.2) is 0 Å². The number of carbonyl (C=O) groups is 1. The Morgan fingerprint density at radius 3 is 3.23 bits per heavy atom. The number of fused-ring (bicyclic) bond motifs is 1. The van der Waals surface area contributed by atoms with Gasteiger partial charge < -0.3 is 4.74 Å². The van der Waals surface area contributed by atoms with Crippen LogP contribution in [-0.4, -0.2) is 23.8 Å². The van der Waals surface area contributed by atoms with E-state index in [-0.39, 0.29) is 5.97 Å². The van der Waals surface area contributed by atoms with E-state index in [1.54, 1.807) is 17.8 Å². The number of nitrogens with zero attached hydrogens (tertiary/aromatic N) is 1. The number of hydrogen-bond acceptors (Lipinski definition) is 4. The summed E-state index contributed by atoms with van der Waals surface area (Å²) in [4.78, 5) is 16.5. The van der Waals surface area contributed by atoms with Crippen LogP contribution >= 0.6 is 11.8 Å². The Balaban J connectivity index is 2.36. The van der Waals surface area contributed by atoms with Gasteiger partial charge in [0.05, 0.1) is 12.8 Å². The second kappa shape index (κ2) is 3.38. The lowest BCUT2D eigenvalue weighted by atomic mass is 10.2. The van der Waals surface area contributed by atoms with Crippen molar-refractivity contribution in [3.05, 3.63) is 23.5 Å². The molecular formula is C9H9NO2S. The van der Waals surface area contributed by atoms with Crippen molar-refractivity contribution in [3.63, 3.8) is 0 Å². The fraction of sp³-hybridized carbons (Fsp3) is 0.333. The normalized spacial score (nSPS) is 13.9. The Bertz CT molecular complexity index is 351. The fourth-order valence-electron chi connectivity index (χ4n) is 1.28. The van der Waals surface area contributed by atoms with E-state index in [9.17, 15) is 4.79 Å². The summed E-state index contributed by atoms with van der Waals surface area (Å²) in [7, 11) is 1.37. The van der Waals surface area contributed by atoms with Gasteiger partial charge in [-0.05, 0) is 12.1 Å². The third kappa shape index (κ3) is 1.54. The number of aromatic nitrogens is 1. The van der Waals surface area contributed by atoms with Gasteiger partial charge in [0, 0.05) is 17.1 Å². The first-order valence-corrected chi connectivity index (χ1v) is 5.01. The van der Waals surface area contributed by atoms with Crippen LogP contribution in [0.25, 0.3) is 0 Å². The number of carbonyl (C=O) groups excluding carboxylic acids is 1. The summed E-state index contributed by atoms with van der Waals surface area (Å²) in [6, 6.07) is 3.65. The molecule has 0 unspecified atom stereocenters. The maximum Gasteiger partial charge on any atom is 0.356 e. The van der Waals surface area contributed by atoms with Crippen LogP contribution in [0.3, 0.4) is 0 Å². The lowest BCUT2D eigenvalue weighted by molar-refractivity contribution is 0.0593. The van der Waals surface area contributed by atoms with Crippen molar-refractivity contribution in [1.29, 1.82) is 0 Å². The Morgan fingerprint density at radius 1 is 1.62 bits per heavy atom. The van der Waals surface area contributed by atoms with E-state index in [0.717, 1.165) is 17.9 Å². The zero-order valence-electron chi connectivity index (χ0n) is 7.24. The molecular weight excluding hydrogens is 186 g/mol. The molecule has 13 heavy (non-hydrogen) atoms. The topological polar surface area (TPSA) is 39.2 Å². The Morgan fingerprint density at radius 2 is 2.46 bits per heavy atom. The third-order valence-corrected chi connectivity index (χ3v) is 3.01. The second-order valence-electron chi connectivity index (χ2n) is 2.73. The molecule has 0 aromatic carbocycles. The van der Waals surface area contributed by atoms with Crippen LogP contribution in [0.15, 0.2) is 17.0 Å². The second-order valence-corrected chi connectivity index (χ2v) is 3.87. The van der Waals surface area contributed by atoms with Crippen molar-refractivity contribution in [3.8, 4) is 0 Å². The molecule has 2 rings (SSSR count). The minimum Gasteiger partial charge on any atom is -0.464 e. The van der Waals surface area contributed by atoms with Crippen molar-refractivity contribution in [2.24, 2.45) is 0 Å². The molecule has 0 saturated heterocycles. The van der Waals surface area contributed by atoms with Crippen molar-refractivity contribution in [2.45, 2.75) is 11.3 Å². The van der Waals surface area contributed by atoms with E-state index in [0.29, 0.717) is 5.69 Å². The highest BCUT2D eigenvalue weighted by Crippen LogP contribution is 2.29. The highest BCUT2D eigenvalue weighted by Gasteiger charge is 2.15. The van der Waals surface area contributed by atoms with Crippen molar-refractivity contribution in [1.82, 2.24) is 4.98 Å². The largest absolute Gasteiger partial charge is 0.464 e. The molecule has 0 bridgehead atoms. The highest BCUT2D eigenvalue weighted by atomic mass is 32.2. The monoisotopic (exact) mass is 195 g/mol. The molecule has 68 valence electrons. The summed E-state index contributed by atoms with van der Waals surface area (Å²) >= 11 is 1.78. The molecule has 0 amide bonds. The van der Waals surface area contributed by atoms with Gasteiger partial charge in [0.2, 0.25) is 0 Å². The van der Waals surface area contributed by atoms with Crippen molar-refractivity contribution in [2.75, 3.05) is 12.9 Å². The average molecular weight is 195 g/mol. The number of pyridine rings is 1. The predicted molar refractivity (Wildman–Crippen MR) is 50.0 cm³/mol. The first-order valence-electron chi connectivity index (χ1n) is 4.02. The van der Waals surface area contributed by atoms with Crippen molar-refractivity contribution < 1.29 is 9.53 Å². The Kier molecular flexibility index (Phi) is 2.22. The zero-order chi connectivity index (χ0) is 9.26. The van der Waals surface area contributed by atoms with Crippen LogP contribution in [0, 0.1) is 0 Å². The first kappa shape index (κ1) is 8.56. The number of rotatable bonds is 1. The maximum atomic E-state index is 11.1. The summed E-state index contributed by atoms with van der Waals surface area (Å²) < 4.78 is 4.59. The van der Waals surface area contributed by atoms with Crippen LogP contribution in [0.4, 0.5) is 0 Å². The molecule has 1 aliphatic rings. The molecule has 0 aliphatic carbocycles. The van der Waals surface area contributed by atoms with E-state index in [2.05, 4.69) is 9.72 Å². The number of esters is 1. The summed E-state index contributed by atoms with van der Waals surface area (Å²) in [5, 5.41) is 0. The Hall–Kier alpha value is -1.03. The molecule has 0 spiro atoms. The number of methoxy groups -OCH3 is 1. The zero-order valence-corrected chi connectivity index (χ0v) is 8.06. The van der Waals surface area contributed by atoms with Gasteiger partial charge >= 0.3 is 5.97 Å². The predicted octanol–water partition coefficient (Wildman–Crippen LogP) is 1.52. The van der Waals surface area contributed by atoms with Crippen LogP contribution in [0.5, 0.6) is 0 Å². The fourth-order valence-corrected chi connectivity index (χ4v) is 2.27. The first-order chi connectivity index (χ1) is 6.31. The number of hydrogen-bond donors (Lipinski definition) is 0. The van der Waals surface area contributed by atoms with Gasteiger partial charge in [-0.2, -0.15) is 0 Å². The maximum absolute atomic E-state index is 11.1. The molecule has 0 fully saturated rings. The van der Waals surface area contributed by atoms with Crippen molar-refractivity contribution >= 4 is 17.7 Å². The molecule has 4 heteroatoms. The number of ether oxygens (including phenoxy) is 1. The molecule has 0 radical (unpaired) electrons. The summed E-state index contributed by atoms with van der Waals surface area (Å²) in [5.41, 5.74) is 1.43. The van der Waals surface area contributed by atoms with E-state index in [1.807, 2.05) is 6.07 Å². The Labute approximate surface area is 80.5 Å². The van der Waals surface area contributed by atoms with E-state index in [1.165, 1.54) is 12.0 Å². The number of thioether (sulfide) groups is 1. The van der Waals surface area contributed by atoms with Gasteiger partial charge in [-0.1, -0.05) is 0 Å². The van der Waals surface area contributed by atoms with E-state index >= 15 is 0 Å². The van der Waals surface area contributed by atoms with E-state index in [4.69, 9.17) is 0 Å². The molecule has 0 atom stereocenters. The number of aryl methyl sites for hydroxylation is 1. The molecule has 2 heterocycles. The average Bonchev–Trinajstić information content (AvgIpc) is 2.63. The summed E-state index contributed by atoms with van der Waals surface area (Å²) in [6.45, 7) is 0. The smallest absolute Gasteiger partial charge is 0.356 e. The standard InChI is InChI=1S/C9H9NO2S/c1-12-9(11)7-2-3-8-6(10-7)4-5-13-8/h2-3H,4-5H2,1H3. The van der Waals surface area contributed by atoms with Crippen LogP contribution < -0.4 is 0 Å². The van der Waals surface area contributed by atoms with Gasteiger partial charge in [-0.3, -0.25) is 0 Å².